The number of nitrogens with one attached hydrogen (secondary N) is 1. The molecule has 0 bridgehead atoms. The van der Waals surface area contributed by atoms with Gasteiger partial charge in [-0.3, -0.25) is 9.20 Å². The second-order valence-corrected chi connectivity index (χ2v) is 7.79. The summed E-state index contributed by atoms with van der Waals surface area (Å²) in [5.74, 6) is 1.36. The van der Waals surface area contributed by atoms with Gasteiger partial charge in [0.25, 0.3) is 0 Å². The van der Waals surface area contributed by atoms with Crippen LogP contribution in [-0.2, 0) is 9.53 Å². The third kappa shape index (κ3) is 2.15. The van der Waals surface area contributed by atoms with Gasteiger partial charge in [0.1, 0.15) is 22.0 Å². The van der Waals surface area contributed by atoms with Gasteiger partial charge >= 0.3 is 0 Å². The fraction of sp³-hybridized carbons (Fsp3) is 0.562. The largest absolute Gasteiger partial charge is 0.382 e. The molecule has 1 aliphatic carbocycles. The zero-order chi connectivity index (χ0) is 17.2. The minimum atomic E-state index is -0.331. The van der Waals surface area contributed by atoms with Crippen molar-refractivity contribution >= 4 is 33.2 Å². The van der Waals surface area contributed by atoms with E-state index in [1.807, 2.05) is 15.5 Å². The molecule has 25 heavy (non-hydrogen) atoms. The average molecular weight is 407 g/mol. The number of carbonyl (C=O) groups excluding carboxylic acids is 1. The lowest BCUT2D eigenvalue weighted by Crippen LogP contribution is -2.72. The molecule has 8 nitrogen and oxygen atoms in total. The quantitative estimate of drug-likeness (QED) is 0.728. The molecule has 0 radical (unpaired) electrons. The SMILES string of the molecule is Nc1nccn2c([C@H]3CN4C(=O)C5(CCC5)NC[C@@H]4CO3)nc(Br)c12. The summed E-state index contributed by atoms with van der Waals surface area (Å²) >= 11 is 3.46. The van der Waals surface area contributed by atoms with E-state index in [2.05, 4.69) is 31.2 Å². The fourth-order valence-electron chi connectivity index (χ4n) is 4.13. The van der Waals surface area contributed by atoms with Crippen molar-refractivity contribution in [1.29, 1.82) is 0 Å². The number of aromatic nitrogens is 3. The average Bonchev–Trinajstić information content (AvgIpc) is 2.92. The van der Waals surface area contributed by atoms with E-state index in [-0.39, 0.29) is 23.6 Å². The first-order valence-electron chi connectivity index (χ1n) is 8.55. The van der Waals surface area contributed by atoms with E-state index in [1.54, 1.807) is 6.20 Å². The van der Waals surface area contributed by atoms with Crippen LogP contribution in [0.2, 0.25) is 0 Å². The number of amides is 1. The van der Waals surface area contributed by atoms with Gasteiger partial charge in [-0.1, -0.05) is 0 Å². The minimum Gasteiger partial charge on any atom is -0.382 e. The zero-order valence-electron chi connectivity index (χ0n) is 13.6. The highest BCUT2D eigenvalue weighted by atomic mass is 79.9. The molecule has 2 aliphatic heterocycles. The van der Waals surface area contributed by atoms with Gasteiger partial charge < -0.3 is 20.7 Å². The first-order chi connectivity index (χ1) is 12.1. The summed E-state index contributed by atoms with van der Waals surface area (Å²) in [6, 6.07) is 0.0939. The first kappa shape index (κ1) is 15.5. The van der Waals surface area contributed by atoms with Gasteiger partial charge in [-0.15, -0.1) is 0 Å². The topological polar surface area (TPSA) is 97.8 Å². The summed E-state index contributed by atoms with van der Waals surface area (Å²) in [6.45, 7) is 1.81. The number of piperazine rings is 1. The lowest BCUT2D eigenvalue weighted by Gasteiger charge is -2.53. The Morgan fingerprint density at radius 3 is 3.04 bits per heavy atom. The maximum atomic E-state index is 13.0. The number of nitrogens with zero attached hydrogens (tertiary/aromatic N) is 4. The number of nitrogen functional groups attached to an aromatic ring is 1. The van der Waals surface area contributed by atoms with Crippen molar-refractivity contribution in [2.75, 3.05) is 25.4 Å². The second-order valence-electron chi connectivity index (χ2n) is 7.04. The Labute approximate surface area is 152 Å². The summed E-state index contributed by atoms with van der Waals surface area (Å²) in [4.78, 5) is 23.7. The van der Waals surface area contributed by atoms with Crippen molar-refractivity contribution in [3.8, 4) is 0 Å². The Balaban J connectivity index is 1.49. The Bertz CT molecular complexity index is 864. The van der Waals surface area contributed by atoms with Crippen LogP contribution in [0, 0.1) is 0 Å². The van der Waals surface area contributed by atoms with Crippen LogP contribution in [0.1, 0.15) is 31.2 Å². The van der Waals surface area contributed by atoms with Crippen LogP contribution in [0.3, 0.4) is 0 Å². The summed E-state index contributed by atoms with van der Waals surface area (Å²) < 4.78 is 8.60. The van der Waals surface area contributed by atoms with Crippen molar-refractivity contribution in [3.63, 3.8) is 0 Å². The van der Waals surface area contributed by atoms with Crippen molar-refractivity contribution in [2.24, 2.45) is 0 Å². The molecule has 0 unspecified atom stereocenters. The summed E-state index contributed by atoms with van der Waals surface area (Å²) in [5, 5.41) is 3.45. The van der Waals surface area contributed by atoms with Crippen molar-refractivity contribution < 1.29 is 9.53 Å². The Hall–Kier alpha value is -1.71. The summed E-state index contributed by atoms with van der Waals surface area (Å²) in [7, 11) is 0. The van der Waals surface area contributed by atoms with Crippen molar-refractivity contribution in [3.05, 3.63) is 22.8 Å². The third-order valence-electron chi connectivity index (χ3n) is 5.70. The van der Waals surface area contributed by atoms with Gasteiger partial charge in [-0.25, -0.2) is 9.97 Å². The normalized spacial score (nSPS) is 28.2. The molecule has 2 atom stereocenters. The van der Waals surface area contributed by atoms with Crippen LogP contribution in [0.5, 0.6) is 0 Å². The Morgan fingerprint density at radius 1 is 1.44 bits per heavy atom. The zero-order valence-corrected chi connectivity index (χ0v) is 15.2. The van der Waals surface area contributed by atoms with E-state index in [4.69, 9.17) is 10.5 Å². The number of hydrogen-bond acceptors (Lipinski definition) is 6. The van der Waals surface area contributed by atoms with Gasteiger partial charge in [0.2, 0.25) is 5.91 Å². The van der Waals surface area contributed by atoms with Crippen LogP contribution in [0.25, 0.3) is 5.52 Å². The molecule has 132 valence electrons. The molecular weight excluding hydrogens is 388 g/mol. The summed E-state index contributed by atoms with van der Waals surface area (Å²) in [6.07, 6.45) is 6.16. The molecule has 5 rings (SSSR count). The standard InChI is InChI=1S/C16H19BrN6O2/c17-12-11-13(18)19-4-5-22(11)14(21-12)10-7-23-9(8-25-10)6-20-16(15(23)24)2-1-3-16/h4-5,9-10,20H,1-3,6-8H2,(H2,18,19)/t9-,10-/m1/s1. The highest BCUT2D eigenvalue weighted by molar-refractivity contribution is 9.10. The number of morpholine rings is 1. The van der Waals surface area contributed by atoms with E-state index in [0.717, 1.165) is 37.1 Å². The Morgan fingerprint density at radius 2 is 2.28 bits per heavy atom. The predicted molar refractivity (Wildman–Crippen MR) is 93.9 cm³/mol. The molecule has 0 aromatic carbocycles. The predicted octanol–water partition coefficient (Wildman–Crippen LogP) is 0.868. The Kier molecular flexibility index (Phi) is 3.35. The van der Waals surface area contributed by atoms with Crippen LogP contribution in [-0.4, -0.2) is 56.5 Å². The molecule has 3 N–H and O–H groups in total. The smallest absolute Gasteiger partial charge is 0.243 e. The highest BCUT2D eigenvalue weighted by Gasteiger charge is 2.52. The molecule has 3 aliphatic rings. The van der Waals surface area contributed by atoms with Crippen molar-refractivity contribution in [1.82, 2.24) is 24.6 Å². The number of nitrogens with two attached hydrogens (primary N) is 1. The lowest BCUT2D eigenvalue weighted by atomic mass is 9.73. The number of ether oxygens (including phenoxy) is 1. The van der Waals surface area contributed by atoms with Crippen LogP contribution in [0.4, 0.5) is 5.82 Å². The monoisotopic (exact) mass is 406 g/mol. The van der Waals surface area contributed by atoms with Gasteiger partial charge in [0.15, 0.2) is 5.82 Å². The number of fused-ring (bicyclic) bond motifs is 2. The molecule has 2 aromatic heterocycles. The second kappa shape index (κ2) is 5.39. The molecule has 1 amide bonds. The highest BCUT2D eigenvalue weighted by Crippen LogP contribution is 2.39. The van der Waals surface area contributed by atoms with Crippen LogP contribution < -0.4 is 11.1 Å². The number of halogens is 1. The van der Waals surface area contributed by atoms with Gasteiger partial charge in [-0.2, -0.15) is 0 Å². The van der Waals surface area contributed by atoms with Gasteiger partial charge in [0.05, 0.1) is 24.7 Å². The minimum absolute atomic E-state index is 0.0939. The number of rotatable bonds is 1. The summed E-state index contributed by atoms with van der Waals surface area (Å²) in [5.41, 5.74) is 6.37. The number of anilines is 1. The number of carbonyl (C=O) groups is 1. The van der Waals surface area contributed by atoms with Crippen LogP contribution in [0.15, 0.2) is 17.0 Å². The van der Waals surface area contributed by atoms with Gasteiger partial charge in [-0.05, 0) is 35.2 Å². The maximum absolute atomic E-state index is 13.0. The molecule has 2 aromatic rings. The van der Waals surface area contributed by atoms with Gasteiger partial charge in [0, 0.05) is 18.9 Å². The first-order valence-corrected chi connectivity index (χ1v) is 9.34. The number of imidazole rings is 1. The third-order valence-corrected chi connectivity index (χ3v) is 6.26. The van der Waals surface area contributed by atoms with E-state index >= 15 is 0 Å². The molecule has 3 fully saturated rings. The lowest BCUT2D eigenvalue weighted by molar-refractivity contribution is -0.164. The molecule has 1 spiro atoms. The fourth-order valence-corrected chi connectivity index (χ4v) is 4.70. The van der Waals surface area contributed by atoms with Crippen LogP contribution >= 0.6 is 15.9 Å². The molecule has 9 heteroatoms. The van der Waals surface area contributed by atoms with E-state index in [9.17, 15) is 4.79 Å². The molecule has 2 saturated heterocycles. The van der Waals surface area contributed by atoms with E-state index < -0.39 is 0 Å². The van der Waals surface area contributed by atoms with Crippen molar-refractivity contribution in [2.45, 2.75) is 36.9 Å². The van der Waals surface area contributed by atoms with E-state index in [1.165, 1.54) is 0 Å². The van der Waals surface area contributed by atoms with E-state index in [0.29, 0.717) is 23.6 Å². The maximum Gasteiger partial charge on any atom is 0.243 e. The molecular formula is C16H19BrN6O2. The number of hydrogen-bond donors (Lipinski definition) is 2. The molecule has 4 heterocycles. The molecule has 1 saturated carbocycles.